The second-order valence-electron chi connectivity index (χ2n) is 8.08. The first-order chi connectivity index (χ1) is 13.1. The van der Waals surface area contributed by atoms with Gasteiger partial charge in [0.25, 0.3) is 5.91 Å². The zero-order valence-corrected chi connectivity index (χ0v) is 16.9. The molecule has 3 heterocycles. The molecule has 2 aliphatic rings. The van der Waals surface area contributed by atoms with Crippen molar-refractivity contribution in [2.45, 2.75) is 59.0 Å². The monoisotopic (exact) mass is 383 g/mol. The van der Waals surface area contributed by atoms with E-state index in [9.17, 15) is 14.4 Å². The molecule has 2 fully saturated rings. The maximum absolute atomic E-state index is 13.1. The molecule has 1 N–H and O–H groups in total. The molecule has 7 nitrogen and oxygen atoms in total. The number of imide groups is 1. The van der Waals surface area contributed by atoms with Gasteiger partial charge in [0, 0.05) is 28.6 Å². The molecular formula is C21H25N3O4. The molecule has 2 aromatic heterocycles. The van der Waals surface area contributed by atoms with Crippen LogP contribution in [-0.2, 0) is 10.3 Å². The fraction of sp³-hybridized carbons (Fsp3) is 0.476. The first-order valence-electron chi connectivity index (χ1n) is 9.56. The number of nitrogens with one attached hydrogen (secondary N) is 1. The number of carbonyl (C=O) groups is 3. The minimum absolute atomic E-state index is 0.229. The molecule has 28 heavy (non-hydrogen) atoms. The molecule has 3 amide bonds. The summed E-state index contributed by atoms with van der Waals surface area (Å²) in [6.45, 7) is 8.83. The third kappa shape index (κ3) is 2.68. The lowest BCUT2D eigenvalue weighted by Crippen LogP contribution is -2.41. The molecule has 1 saturated carbocycles. The highest BCUT2D eigenvalue weighted by Crippen LogP contribution is 2.38. The van der Waals surface area contributed by atoms with Gasteiger partial charge < -0.3 is 14.3 Å². The van der Waals surface area contributed by atoms with E-state index >= 15 is 0 Å². The van der Waals surface area contributed by atoms with Gasteiger partial charge in [0.15, 0.2) is 5.78 Å². The van der Waals surface area contributed by atoms with Gasteiger partial charge in [-0.25, -0.2) is 4.79 Å². The number of furan rings is 1. The van der Waals surface area contributed by atoms with Crippen LogP contribution >= 0.6 is 0 Å². The fourth-order valence-corrected chi connectivity index (χ4v) is 4.33. The maximum Gasteiger partial charge on any atom is 0.325 e. The van der Waals surface area contributed by atoms with E-state index in [1.165, 1.54) is 0 Å². The molecule has 2 aromatic rings. The predicted octanol–water partition coefficient (Wildman–Crippen LogP) is 3.30. The number of hydrogen-bond donors (Lipinski definition) is 1. The van der Waals surface area contributed by atoms with E-state index < -0.39 is 17.5 Å². The summed E-state index contributed by atoms with van der Waals surface area (Å²) in [5, 5.41) is 2.74. The van der Waals surface area contributed by atoms with Gasteiger partial charge in [-0.1, -0.05) is 0 Å². The van der Waals surface area contributed by atoms with E-state index in [4.69, 9.17) is 4.42 Å². The highest BCUT2D eigenvalue weighted by atomic mass is 16.3. The molecule has 0 aromatic carbocycles. The number of aryl methyl sites for hydroxylation is 3. The molecule has 4 rings (SSSR count). The molecule has 7 heteroatoms. The first kappa shape index (κ1) is 18.5. The normalized spacial score (nSPS) is 22.1. The minimum atomic E-state index is -1.23. The summed E-state index contributed by atoms with van der Waals surface area (Å²) >= 11 is 0. The number of nitrogens with zero attached hydrogens (tertiary/aromatic N) is 2. The third-order valence-electron chi connectivity index (χ3n) is 5.85. The Morgan fingerprint density at radius 1 is 1.21 bits per heavy atom. The predicted molar refractivity (Wildman–Crippen MR) is 102 cm³/mol. The molecule has 1 aliphatic heterocycles. The van der Waals surface area contributed by atoms with E-state index in [0.29, 0.717) is 28.7 Å². The zero-order valence-electron chi connectivity index (χ0n) is 16.9. The van der Waals surface area contributed by atoms with E-state index in [1.54, 1.807) is 26.8 Å². The molecule has 1 aliphatic carbocycles. The standard InChI is InChI=1S/C21H25N3O4/c1-11-8-16(13(3)24(11)15-6-7-15)18(25)10-23-19(26)21(5,22-20(23)27)17-9-12(2)28-14(17)4/h8-9,15H,6-7,10H2,1-5H3,(H,22,27)/t21-/m1/s1. The maximum atomic E-state index is 13.1. The van der Waals surface area contributed by atoms with Crippen molar-refractivity contribution in [2.24, 2.45) is 0 Å². The lowest BCUT2D eigenvalue weighted by Gasteiger charge is -2.21. The Hall–Kier alpha value is -2.83. The SMILES string of the molecule is Cc1cc([C@@]2(C)NC(=O)N(CC(=O)c3cc(C)n(C4CC4)c3C)C2=O)c(C)o1. The molecule has 0 unspecified atom stereocenters. The van der Waals surface area contributed by atoms with Gasteiger partial charge in [0.1, 0.15) is 17.1 Å². The quantitative estimate of drug-likeness (QED) is 0.634. The number of aromatic nitrogens is 1. The van der Waals surface area contributed by atoms with E-state index in [-0.39, 0.29) is 12.3 Å². The number of ketones is 1. The van der Waals surface area contributed by atoms with Gasteiger partial charge in [-0.3, -0.25) is 14.5 Å². The molecule has 0 bridgehead atoms. The number of hydrogen-bond acceptors (Lipinski definition) is 4. The van der Waals surface area contributed by atoms with E-state index in [2.05, 4.69) is 9.88 Å². The molecule has 1 atom stereocenters. The van der Waals surface area contributed by atoms with Crippen molar-refractivity contribution in [3.63, 3.8) is 0 Å². The van der Waals surface area contributed by atoms with Crippen LogP contribution in [0.4, 0.5) is 4.79 Å². The average Bonchev–Trinajstić information content (AvgIpc) is 3.27. The lowest BCUT2D eigenvalue weighted by atomic mass is 9.92. The second kappa shape index (κ2) is 6.09. The molecule has 1 saturated heterocycles. The van der Waals surface area contributed by atoms with Gasteiger partial charge in [0.05, 0.1) is 6.54 Å². The molecular weight excluding hydrogens is 358 g/mol. The second-order valence-corrected chi connectivity index (χ2v) is 8.08. The smallest absolute Gasteiger partial charge is 0.325 e. The van der Waals surface area contributed by atoms with E-state index in [0.717, 1.165) is 29.1 Å². The van der Waals surface area contributed by atoms with Crippen LogP contribution in [0, 0.1) is 27.7 Å². The Labute approximate surface area is 163 Å². The number of urea groups is 1. The van der Waals surface area contributed by atoms with Crippen molar-refractivity contribution in [1.29, 1.82) is 0 Å². The fourth-order valence-electron chi connectivity index (χ4n) is 4.33. The number of Topliss-reactive ketones (excluding diaryl/α,β-unsaturated/α-hetero) is 1. The highest BCUT2D eigenvalue weighted by Gasteiger charge is 2.51. The summed E-state index contributed by atoms with van der Waals surface area (Å²) in [7, 11) is 0. The van der Waals surface area contributed by atoms with Crippen LogP contribution in [0.2, 0.25) is 0 Å². The van der Waals surface area contributed by atoms with Crippen molar-refractivity contribution in [1.82, 2.24) is 14.8 Å². The summed E-state index contributed by atoms with van der Waals surface area (Å²) in [4.78, 5) is 39.6. The summed E-state index contributed by atoms with van der Waals surface area (Å²) in [5.74, 6) is 0.575. The van der Waals surface area contributed by atoms with Crippen LogP contribution in [0.15, 0.2) is 16.5 Å². The van der Waals surface area contributed by atoms with Gasteiger partial charge in [0.2, 0.25) is 0 Å². The van der Waals surface area contributed by atoms with Crippen molar-refractivity contribution < 1.29 is 18.8 Å². The Bertz CT molecular complexity index is 1010. The molecule has 0 radical (unpaired) electrons. The van der Waals surface area contributed by atoms with Crippen LogP contribution in [0.25, 0.3) is 0 Å². The van der Waals surface area contributed by atoms with Crippen LogP contribution in [0.3, 0.4) is 0 Å². The van der Waals surface area contributed by atoms with E-state index in [1.807, 2.05) is 19.9 Å². The average molecular weight is 383 g/mol. The van der Waals surface area contributed by atoms with Crippen LogP contribution in [0.1, 0.15) is 64.6 Å². The van der Waals surface area contributed by atoms with Gasteiger partial charge in [-0.15, -0.1) is 0 Å². The summed E-state index contributed by atoms with van der Waals surface area (Å²) in [6.07, 6.45) is 2.25. The van der Waals surface area contributed by atoms with Crippen molar-refractivity contribution in [2.75, 3.05) is 6.54 Å². The number of carbonyl (C=O) groups excluding carboxylic acids is 3. The number of rotatable bonds is 5. The Morgan fingerprint density at radius 3 is 2.46 bits per heavy atom. The van der Waals surface area contributed by atoms with Gasteiger partial charge in [-0.05, 0) is 59.6 Å². The van der Waals surface area contributed by atoms with Crippen molar-refractivity contribution in [3.05, 3.63) is 46.2 Å². The Balaban J connectivity index is 1.59. The Kier molecular flexibility index (Phi) is 4.03. The molecule has 0 spiro atoms. The Morgan fingerprint density at radius 2 is 1.89 bits per heavy atom. The van der Waals surface area contributed by atoms with Crippen LogP contribution in [-0.4, -0.2) is 33.7 Å². The van der Waals surface area contributed by atoms with Crippen LogP contribution in [0.5, 0.6) is 0 Å². The first-order valence-corrected chi connectivity index (χ1v) is 9.56. The minimum Gasteiger partial charge on any atom is -0.466 e. The van der Waals surface area contributed by atoms with Crippen LogP contribution < -0.4 is 5.32 Å². The lowest BCUT2D eigenvalue weighted by molar-refractivity contribution is -0.130. The summed E-state index contributed by atoms with van der Waals surface area (Å²) in [5.41, 5.74) is 1.90. The summed E-state index contributed by atoms with van der Waals surface area (Å²) < 4.78 is 7.71. The van der Waals surface area contributed by atoms with Gasteiger partial charge in [-0.2, -0.15) is 0 Å². The number of amides is 3. The van der Waals surface area contributed by atoms with Crippen molar-refractivity contribution in [3.8, 4) is 0 Å². The summed E-state index contributed by atoms with van der Waals surface area (Å²) in [6, 6.07) is 3.52. The van der Waals surface area contributed by atoms with Gasteiger partial charge >= 0.3 is 6.03 Å². The highest BCUT2D eigenvalue weighted by molar-refractivity contribution is 6.11. The third-order valence-corrected chi connectivity index (χ3v) is 5.85. The topological polar surface area (TPSA) is 84.5 Å². The molecule has 148 valence electrons. The zero-order chi connectivity index (χ0) is 20.4. The largest absolute Gasteiger partial charge is 0.466 e. The van der Waals surface area contributed by atoms with Crippen molar-refractivity contribution >= 4 is 17.7 Å².